The van der Waals surface area contributed by atoms with Crippen LogP contribution < -0.4 is 10.5 Å². The van der Waals surface area contributed by atoms with Crippen molar-refractivity contribution in [3.8, 4) is 0 Å². The molecule has 0 atom stereocenters. The van der Waals surface area contributed by atoms with Gasteiger partial charge in [0.05, 0.1) is 0 Å². The SMILES string of the molecule is CCCCSc1c(C=O)c(=O)oc2cc(N(CC)CCCC(=O)O)ccc12. The number of hydrogen-bond acceptors (Lipinski definition) is 6. The van der Waals surface area contributed by atoms with Crippen LogP contribution in [0.1, 0.15) is 49.9 Å². The molecule has 0 saturated carbocycles. The Morgan fingerprint density at radius 2 is 2.07 bits per heavy atom. The van der Waals surface area contributed by atoms with Gasteiger partial charge in [-0.25, -0.2) is 4.79 Å². The first kappa shape index (κ1) is 21.0. The van der Waals surface area contributed by atoms with Gasteiger partial charge in [0.1, 0.15) is 11.1 Å². The van der Waals surface area contributed by atoms with Gasteiger partial charge >= 0.3 is 11.6 Å². The number of carboxylic acids is 1. The lowest BCUT2D eigenvalue weighted by Crippen LogP contribution is -2.24. The average molecular weight is 391 g/mol. The summed E-state index contributed by atoms with van der Waals surface area (Å²) in [6.07, 6.45) is 3.25. The summed E-state index contributed by atoms with van der Waals surface area (Å²) in [4.78, 5) is 37.1. The summed E-state index contributed by atoms with van der Waals surface area (Å²) in [5.41, 5.74) is 0.758. The fourth-order valence-corrected chi connectivity index (χ4v) is 4.09. The van der Waals surface area contributed by atoms with Gasteiger partial charge < -0.3 is 14.4 Å². The van der Waals surface area contributed by atoms with Gasteiger partial charge in [0.25, 0.3) is 0 Å². The molecule has 2 rings (SSSR count). The summed E-state index contributed by atoms with van der Waals surface area (Å²) in [5.74, 6) is 0.0131. The fourth-order valence-electron chi connectivity index (χ4n) is 2.84. The first-order valence-corrected chi connectivity index (χ1v) is 10.2. The molecule has 0 saturated heterocycles. The molecule has 0 fully saturated rings. The van der Waals surface area contributed by atoms with Crippen LogP contribution in [-0.2, 0) is 4.79 Å². The third kappa shape index (κ3) is 5.35. The average Bonchev–Trinajstić information content (AvgIpc) is 2.64. The van der Waals surface area contributed by atoms with E-state index in [1.807, 2.05) is 24.0 Å². The van der Waals surface area contributed by atoms with Gasteiger partial charge in [-0.3, -0.25) is 9.59 Å². The summed E-state index contributed by atoms with van der Waals surface area (Å²) in [5, 5.41) is 9.56. The summed E-state index contributed by atoms with van der Waals surface area (Å²) in [6, 6.07) is 5.58. The van der Waals surface area contributed by atoms with Crippen molar-refractivity contribution in [2.24, 2.45) is 0 Å². The minimum Gasteiger partial charge on any atom is -0.481 e. The maximum Gasteiger partial charge on any atom is 0.348 e. The van der Waals surface area contributed by atoms with Gasteiger partial charge in [0.15, 0.2) is 6.29 Å². The molecule has 0 unspecified atom stereocenters. The number of rotatable bonds is 11. The molecule has 0 aliphatic rings. The van der Waals surface area contributed by atoms with Crippen molar-refractivity contribution in [2.45, 2.75) is 44.4 Å². The molecule has 7 heteroatoms. The zero-order chi connectivity index (χ0) is 19.8. The number of benzene rings is 1. The first-order chi connectivity index (χ1) is 13.0. The Kier molecular flexibility index (Phi) is 7.91. The fraction of sp³-hybridized carbons (Fsp3) is 0.450. The summed E-state index contributed by atoms with van der Waals surface area (Å²) < 4.78 is 5.39. The number of carbonyl (C=O) groups is 2. The van der Waals surface area contributed by atoms with Crippen LogP contribution in [0.25, 0.3) is 11.0 Å². The van der Waals surface area contributed by atoms with Crippen LogP contribution in [0.3, 0.4) is 0 Å². The number of carbonyl (C=O) groups excluding carboxylic acids is 1. The van der Waals surface area contributed by atoms with E-state index in [1.165, 1.54) is 11.8 Å². The maximum absolute atomic E-state index is 12.2. The Morgan fingerprint density at radius 1 is 1.30 bits per heavy atom. The second-order valence-electron chi connectivity index (χ2n) is 6.21. The maximum atomic E-state index is 12.2. The van der Waals surface area contributed by atoms with E-state index in [0.717, 1.165) is 29.7 Å². The van der Waals surface area contributed by atoms with Crippen molar-refractivity contribution in [2.75, 3.05) is 23.7 Å². The van der Waals surface area contributed by atoms with Gasteiger partial charge in [-0.05, 0) is 37.7 Å². The Labute approximate surface area is 162 Å². The van der Waals surface area contributed by atoms with E-state index in [0.29, 0.717) is 36.3 Å². The van der Waals surface area contributed by atoms with Crippen molar-refractivity contribution >= 4 is 40.7 Å². The Bertz CT molecular complexity index is 861. The smallest absolute Gasteiger partial charge is 0.348 e. The molecule has 1 aromatic carbocycles. The van der Waals surface area contributed by atoms with Gasteiger partial charge in [0, 0.05) is 41.5 Å². The predicted octanol–water partition coefficient (Wildman–Crippen LogP) is 4.19. The number of unbranched alkanes of at least 4 members (excludes halogenated alkanes) is 1. The highest BCUT2D eigenvalue weighted by atomic mass is 32.2. The van der Waals surface area contributed by atoms with E-state index >= 15 is 0 Å². The van der Waals surface area contributed by atoms with E-state index in [4.69, 9.17) is 9.52 Å². The molecule has 1 N–H and O–H groups in total. The molecule has 1 aromatic heterocycles. The van der Waals surface area contributed by atoms with E-state index in [-0.39, 0.29) is 12.0 Å². The lowest BCUT2D eigenvalue weighted by Gasteiger charge is -2.23. The Hall–Kier alpha value is -2.28. The quantitative estimate of drug-likeness (QED) is 0.266. The molecule has 0 bridgehead atoms. The van der Waals surface area contributed by atoms with Gasteiger partial charge in [-0.1, -0.05) is 13.3 Å². The number of nitrogens with zero attached hydrogens (tertiary/aromatic N) is 1. The standard InChI is InChI=1S/C20H25NO5S/c1-3-5-11-27-19-15-9-8-14(21(4-2)10-6-7-18(23)24)12-17(15)26-20(25)16(19)13-22/h8-9,12-13H,3-7,10-11H2,1-2H3,(H,23,24). The van der Waals surface area contributed by atoms with Crippen LogP contribution >= 0.6 is 11.8 Å². The third-order valence-corrected chi connectivity index (χ3v) is 5.53. The van der Waals surface area contributed by atoms with Crippen LogP contribution in [0.2, 0.25) is 0 Å². The van der Waals surface area contributed by atoms with Gasteiger partial charge in [-0.15, -0.1) is 11.8 Å². The summed E-state index contributed by atoms with van der Waals surface area (Å²) >= 11 is 1.51. The van der Waals surface area contributed by atoms with Gasteiger partial charge in [0.2, 0.25) is 0 Å². The largest absolute Gasteiger partial charge is 0.481 e. The van der Waals surface area contributed by atoms with Crippen molar-refractivity contribution in [3.63, 3.8) is 0 Å². The molecule has 0 aliphatic heterocycles. The van der Waals surface area contributed by atoms with E-state index < -0.39 is 11.6 Å². The van der Waals surface area contributed by atoms with Crippen molar-refractivity contribution in [3.05, 3.63) is 34.2 Å². The highest BCUT2D eigenvalue weighted by molar-refractivity contribution is 7.99. The molecule has 146 valence electrons. The number of carboxylic acid groups (broad SMARTS) is 1. The van der Waals surface area contributed by atoms with Crippen molar-refractivity contribution < 1.29 is 19.1 Å². The molecule has 0 radical (unpaired) electrons. The van der Waals surface area contributed by atoms with Crippen LogP contribution in [0.5, 0.6) is 0 Å². The predicted molar refractivity (Wildman–Crippen MR) is 108 cm³/mol. The minimum atomic E-state index is -0.814. The molecule has 27 heavy (non-hydrogen) atoms. The molecular weight excluding hydrogens is 366 g/mol. The Morgan fingerprint density at radius 3 is 2.70 bits per heavy atom. The molecule has 6 nitrogen and oxygen atoms in total. The first-order valence-electron chi connectivity index (χ1n) is 9.17. The molecular formula is C20H25NO5S. The second-order valence-corrected chi connectivity index (χ2v) is 7.31. The molecule has 0 spiro atoms. The summed E-state index contributed by atoms with van der Waals surface area (Å²) in [6.45, 7) is 5.39. The lowest BCUT2D eigenvalue weighted by molar-refractivity contribution is -0.137. The van der Waals surface area contributed by atoms with Crippen LogP contribution in [0.4, 0.5) is 5.69 Å². The van der Waals surface area contributed by atoms with Crippen LogP contribution in [0.15, 0.2) is 32.3 Å². The lowest BCUT2D eigenvalue weighted by atomic mass is 10.1. The van der Waals surface area contributed by atoms with E-state index in [1.54, 1.807) is 6.07 Å². The topological polar surface area (TPSA) is 87.8 Å². The third-order valence-electron chi connectivity index (χ3n) is 4.30. The number of aldehydes is 1. The number of hydrogen-bond donors (Lipinski definition) is 1. The molecule has 0 aliphatic carbocycles. The normalized spacial score (nSPS) is 10.9. The van der Waals surface area contributed by atoms with Crippen LogP contribution in [-0.4, -0.2) is 36.2 Å². The molecule has 2 aromatic rings. The minimum absolute atomic E-state index is 0.0742. The number of aliphatic carboxylic acids is 1. The highest BCUT2D eigenvalue weighted by Gasteiger charge is 2.16. The Balaban J connectivity index is 2.39. The van der Waals surface area contributed by atoms with E-state index in [2.05, 4.69) is 6.92 Å². The summed E-state index contributed by atoms with van der Waals surface area (Å²) in [7, 11) is 0. The van der Waals surface area contributed by atoms with Crippen LogP contribution in [0, 0.1) is 0 Å². The highest BCUT2D eigenvalue weighted by Crippen LogP contribution is 2.32. The second kappa shape index (κ2) is 10.2. The number of thioether (sulfide) groups is 1. The zero-order valence-electron chi connectivity index (χ0n) is 15.7. The molecule has 0 amide bonds. The van der Waals surface area contributed by atoms with Crippen molar-refractivity contribution in [1.82, 2.24) is 0 Å². The van der Waals surface area contributed by atoms with E-state index in [9.17, 15) is 14.4 Å². The molecule has 1 heterocycles. The van der Waals surface area contributed by atoms with Gasteiger partial charge in [-0.2, -0.15) is 0 Å². The number of fused-ring (bicyclic) bond motifs is 1. The number of anilines is 1. The monoisotopic (exact) mass is 391 g/mol. The van der Waals surface area contributed by atoms with Crippen molar-refractivity contribution in [1.29, 1.82) is 0 Å². The zero-order valence-corrected chi connectivity index (χ0v) is 16.5.